The highest BCUT2D eigenvalue weighted by atomic mass is 32.1. The predicted molar refractivity (Wildman–Crippen MR) is 313 cm³/mol. The van der Waals surface area contributed by atoms with Crippen LogP contribution in [0.3, 0.4) is 0 Å². The molecule has 82 heavy (non-hydrogen) atoms. The number of aryl methyl sites for hydroxylation is 1. The van der Waals surface area contributed by atoms with Crippen LogP contribution >= 0.6 is 11.3 Å². The maximum atomic E-state index is 14.7. The van der Waals surface area contributed by atoms with Gasteiger partial charge in [-0.15, -0.1) is 11.3 Å². The fourth-order valence-corrected chi connectivity index (χ4v) is 9.75. The first-order valence-corrected chi connectivity index (χ1v) is 28.8. The van der Waals surface area contributed by atoms with Crippen LogP contribution in [0.15, 0.2) is 90.8 Å². The van der Waals surface area contributed by atoms with Gasteiger partial charge in [0.05, 0.1) is 61.8 Å². The van der Waals surface area contributed by atoms with Crippen molar-refractivity contribution in [3.8, 4) is 16.2 Å². The summed E-state index contributed by atoms with van der Waals surface area (Å²) in [7, 11) is 1.60. The van der Waals surface area contributed by atoms with E-state index in [2.05, 4.69) is 36.2 Å². The molecule has 1 saturated heterocycles. The number of hydrogen-bond acceptors (Lipinski definition) is 16. The van der Waals surface area contributed by atoms with Crippen molar-refractivity contribution in [1.29, 1.82) is 10.8 Å². The maximum Gasteiger partial charge on any atom is 0.251 e. The quantitative estimate of drug-likeness (QED) is 0.0121. The second kappa shape index (κ2) is 33.0. The van der Waals surface area contributed by atoms with Gasteiger partial charge in [0.1, 0.15) is 41.5 Å². The Morgan fingerprint density at radius 3 is 2.21 bits per heavy atom. The van der Waals surface area contributed by atoms with Gasteiger partial charge in [0.15, 0.2) is 5.84 Å². The van der Waals surface area contributed by atoms with Crippen molar-refractivity contribution in [2.24, 2.45) is 5.41 Å². The second-order valence-corrected chi connectivity index (χ2v) is 22.0. The van der Waals surface area contributed by atoms with E-state index in [1.54, 1.807) is 60.8 Å². The fourth-order valence-electron chi connectivity index (χ4n) is 8.94. The number of nitrogens with zero attached hydrogens (tertiary/aromatic N) is 5. The van der Waals surface area contributed by atoms with E-state index in [1.807, 2.05) is 57.5 Å². The number of rotatable bonds is 33. The Bertz CT molecular complexity index is 2850. The molecule has 5 aromatic rings. The van der Waals surface area contributed by atoms with Gasteiger partial charge in [0.25, 0.3) is 5.91 Å². The third-order valence-electron chi connectivity index (χ3n) is 13.7. The standard InChI is InChI=1S/C60H80FN11O9S/c1-41-54(82-40-69-41)43-19-17-42(18-20-43)35-66-58(76)51-34-47(73)38-72(51)59(77)55(60(2,3)4)70-53(74)16-9-8-11-26-79-29-31-80-30-28-78-25-10-6-7-12-27-81-48-21-22-49(61)45(33-48)36-67-57(75)44-14-13-15-46(32-44)65-37-52(62)71(5)56(63)50-23-24-64-39-68-50/h13-15,17-24,32-33,39-40,47,51,55,62-63,65,73H,6-12,16,25-31,34-38H2,1-5H3,(H,66,76)(H,67,75)(H,70,74)/t47-,51+,55-/m1/s1. The number of likely N-dealkylation sites (tertiary alicyclic amines) is 1. The van der Waals surface area contributed by atoms with Crippen LogP contribution in [0.2, 0.25) is 0 Å². The molecule has 3 aromatic carbocycles. The molecule has 4 amide bonds. The Kier molecular flexibility index (Phi) is 25.7. The average Bonchev–Trinajstić information content (AvgIpc) is 4.21. The highest BCUT2D eigenvalue weighted by Crippen LogP contribution is 2.29. The molecule has 6 rings (SSSR count). The summed E-state index contributed by atoms with van der Waals surface area (Å²) in [6, 6.07) is 19.0. The minimum absolute atomic E-state index is 0.0119. The molecule has 3 heterocycles. The monoisotopic (exact) mass is 1150 g/mol. The first-order valence-electron chi connectivity index (χ1n) is 28.0. The minimum Gasteiger partial charge on any atom is -0.494 e. The number of amidine groups is 2. The van der Waals surface area contributed by atoms with Crippen LogP contribution in [0.25, 0.3) is 10.4 Å². The number of benzene rings is 3. The van der Waals surface area contributed by atoms with E-state index in [4.69, 9.17) is 29.8 Å². The van der Waals surface area contributed by atoms with Crippen molar-refractivity contribution in [1.82, 2.24) is 40.7 Å². The number of nitrogens with one attached hydrogen (secondary N) is 6. The lowest BCUT2D eigenvalue weighted by Crippen LogP contribution is -2.57. The number of unbranched alkanes of at least 4 members (excludes halogenated alkanes) is 5. The molecule has 1 fully saturated rings. The van der Waals surface area contributed by atoms with Gasteiger partial charge < -0.3 is 55.1 Å². The predicted octanol–water partition coefficient (Wildman–Crippen LogP) is 7.68. The van der Waals surface area contributed by atoms with Gasteiger partial charge in [-0.2, -0.15) is 0 Å². The topological polar surface area (TPSA) is 266 Å². The lowest BCUT2D eigenvalue weighted by Gasteiger charge is -2.35. The number of carbonyl (C=O) groups excluding carboxylic acids is 4. The lowest BCUT2D eigenvalue weighted by molar-refractivity contribution is -0.144. The summed E-state index contributed by atoms with van der Waals surface area (Å²) in [4.78, 5) is 69.7. The van der Waals surface area contributed by atoms with Crippen LogP contribution in [0.5, 0.6) is 5.75 Å². The summed E-state index contributed by atoms with van der Waals surface area (Å²) >= 11 is 1.57. The number of aromatic nitrogens is 3. The van der Waals surface area contributed by atoms with Crippen LogP contribution in [-0.2, 0) is 41.7 Å². The largest absolute Gasteiger partial charge is 0.494 e. The van der Waals surface area contributed by atoms with Gasteiger partial charge in [0, 0.05) is 75.7 Å². The molecule has 0 bridgehead atoms. The van der Waals surface area contributed by atoms with Crippen molar-refractivity contribution < 1.29 is 47.6 Å². The Balaban J connectivity index is 0.742. The molecule has 0 saturated carbocycles. The average molecular weight is 1150 g/mol. The molecule has 0 unspecified atom stereocenters. The van der Waals surface area contributed by atoms with Gasteiger partial charge in [0.2, 0.25) is 17.7 Å². The molecule has 442 valence electrons. The minimum atomic E-state index is -0.882. The molecular weight excluding hydrogens is 1070 g/mol. The first kappa shape index (κ1) is 63.9. The number of amides is 4. The molecule has 7 N–H and O–H groups in total. The maximum absolute atomic E-state index is 14.7. The van der Waals surface area contributed by atoms with E-state index in [-0.39, 0.29) is 74.3 Å². The Morgan fingerprint density at radius 2 is 1.54 bits per heavy atom. The number of hydrogen-bond donors (Lipinski definition) is 7. The van der Waals surface area contributed by atoms with Crippen LogP contribution in [0, 0.1) is 29.0 Å². The molecule has 0 aliphatic carbocycles. The molecule has 22 heteroatoms. The Labute approximate surface area is 484 Å². The summed E-state index contributed by atoms with van der Waals surface area (Å²) in [5.41, 5.74) is 5.74. The van der Waals surface area contributed by atoms with E-state index in [0.717, 1.165) is 60.2 Å². The zero-order chi connectivity index (χ0) is 58.9. The number of aliphatic hydroxyl groups excluding tert-OH is 1. The molecule has 20 nitrogen and oxygen atoms in total. The molecular formula is C60H80FN11O9S. The van der Waals surface area contributed by atoms with Gasteiger partial charge >= 0.3 is 0 Å². The zero-order valence-corrected chi connectivity index (χ0v) is 48.6. The van der Waals surface area contributed by atoms with E-state index in [1.165, 1.54) is 28.4 Å². The number of likely N-dealkylation sites (N-methyl/N-ethyl adjacent to an activating group) is 1. The van der Waals surface area contributed by atoms with E-state index < -0.39 is 29.4 Å². The van der Waals surface area contributed by atoms with Gasteiger partial charge in [-0.3, -0.25) is 30.0 Å². The van der Waals surface area contributed by atoms with Gasteiger partial charge in [-0.05, 0) is 98.0 Å². The fraction of sp³-hybridized carbons (Fsp3) is 0.483. The molecule has 1 aliphatic heterocycles. The number of anilines is 1. The summed E-state index contributed by atoms with van der Waals surface area (Å²) in [5, 5.41) is 39.0. The number of thiazole rings is 1. The van der Waals surface area contributed by atoms with Crippen LogP contribution in [0.4, 0.5) is 10.1 Å². The summed E-state index contributed by atoms with van der Waals surface area (Å²) in [6.45, 7) is 11.4. The normalized spacial score (nSPS) is 14.5. The lowest BCUT2D eigenvalue weighted by atomic mass is 9.85. The van der Waals surface area contributed by atoms with Crippen LogP contribution in [-0.4, -0.2) is 150 Å². The summed E-state index contributed by atoms with van der Waals surface area (Å²) in [6.07, 6.45) is 8.16. The third kappa shape index (κ3) is 20.6. The van der Waals surface area contributed by atoms with Crippen LogP contribution in [0.1, 0.15) is 111 Å². The van der Waals surface area contributed by atoms with E-state index >= 15 is 0 Å². The molecule has 0 spiro atoms. The summed E-state index contributed by atoms with van der Waals surface area (Å²) in [5.74, 6) is -1.14. The number of halogens is 1. The smallest absolute Gasteiger partial charge is 0.251 e. The number of carbonyl (C=O) groups is 4. The first-order chi connectivity index (χ1) is 39.5. The van der Waals surface area contributed by atoms with Crippen molar-refractivity contribution in [3.63, 3.8) is 0 Å². The number of aliphatic hydroxyl groups is 1. The molecule has 1 aliphatic rings. The highest BCUT2D eigenvalue weighted by Gasteiger charge is 2.44. The molecule has 3 atom stereocenters. The van der Waals surface area contributed by atoms with E-state index in [0.29, 0.717) is 80.9 Å². The van der Waals surface area contributed by atoms with Gasteiger partial charge in [-0.1, -0.05) is 63.9 Å². The summed E-state index contributed by atoms with van der Waals surface area (Å²) < 4.78 is 37.7. The van der Waals surface area contributed by atoms with Gasteiger partial charge in [-0.25, -0.2) is 19.3 Å². The Morgan fingerprint density at radius 1 is 0.841 bits per heavy atom. The number of β-amino-alcohol motifs (C(OH)–C–C–N with tert-alkyl or cyclic N) is 1. The molecule has 2 aromatic heterocycles. The third-order valence-corrected chi connectivity index (χ3v) is 14.7. The van der Waals surface area contributed by atoms with Crippen molar-refractivity contribution in [3.05, 3.63) is 125 Å². The van der Waals surface area contributed by atoms with Crippen LogP contribution < -0.4 is 26.0 Å². The van der Waals surface area contributed by atoms with Crippen molar-refractivity contribution in [2.75, 3.05) is 71.7 Å². The van der Waals surface area contributed by atoms with E-state index in [9.17, 15) is 28.7 Å². The zero-order valence-electron chi connectivity index (χ0n) is 47.8. The van der Waals surface area contributed by atoms with Crippen molar-refractivity contribution in [2.45, 2.75) is 117 Å². The molecule has 0 radical (unpaired) electrons. The van der Waals surface area contributed by atoms with Crippen molar-refractivity contribution >= 4 is 52.3 Å². The number of ether oxygens (including phenoxy) is 4. The second-order valence-electron chi connectivity index (χ2n) is 21.2. The SMILES string of the molecule is Cc1ncsc1-c1ccc(CNC(=O)[C@@H]2C[C@@H](O)CN2C(=O)[C@@H](NC(=O)CCCCCOCCOCCOCCCCCCOc2ccc(F)c(CNC(=O)c3cccc(NCC(=N)N(C)C(=N)c4ccncn4)c3)c2)C(C)(C)C)cc1. The highest BCUT2D eigenvalue weighted by molar-refractivity contribution is 7.13. The Hall–Kier alpha value is -7.24.